The molecule has 2 heterocycles. The molecular weight excluding hydrogens is 526 g/mol. The van der Waals surface area contributed by atoms with Gasteiger partial charge in [0, 0.05) is 59.5 Å². The van der Waals surface area contributed by atoms with Crippen LogP contribution < -0.4 is 25.1 Å². The molecule has 0 saturated carbocycles. The van der Waals surface area contributed by atoms with Crippen LogP contribution in [0.5, 0.6) is 0 Å². The van der Waals surface area contributed by atoms with Gasteiger partial charge in [0.05, 0.1) is 26.6 Å². The van der Waals surface area contributed by atoms with Crippen LogP contribution in [-0.2, 0) is 14.1 Å². The average molecular weight is 552 g/mol. The summed E-state index contributed by atoms with van der Waals surface area (Å²) in [6.07, 6.45) is 5.60. The zero-order valence-corrected chi connectivity index (χ0v) is 22.1. The number of amides is 1. The molecule has 5 rings (SSSR count). The lowest BCUT2D eigenvalue weighted by Gasteiger charge is -2.11. The van der Waals surface area contributed by atoms with Gasteiger partial charge in [0.2, 0.25) is 5.52 Å². The summed E-state index contributed by atoms with van der Waals surface area (Å²) >= 11 is 0. The number of anilines is 5. The lowest BCUT2D eigenvalue weighted by molar-refractivity contribution is -0.671. The van der Waals surface area contributed by atoms with Crippen molar-refractivity contribution in [1.29, 1.82) is 0 Å². The third-order valence-corrected chi connectivity index (χ3v) is 6.45. The minimum Gasteiger partial charge on any atom is -0.355 e. The number of hydrogen-bond donors (Lipinski definition) is 3. The van der Waals surface area contributed by atoms with E-state index in [2.05, 4.69) is 16.0 Å². The first-order chi connectivity index (χ1) is 19.7. The van der Waals surface area contributed by atoms with Gasteiger partial charge in [-0.25, -0.2) is 9.13 Å². The van der Waals surface area contributed by atoms with E-state index in [1.807, 2.05) is 47.8 Å². The van der Waals surface area contributed by atoms with Gasteiger partial charge < -0.3 is 16.0 Å². The third kappa shape index (κ3) is 5.91. The number of carbonyl (C=O) groups is 1. The Labute approximate surface area is 233 Å². The van der Waals surface area contributed by atoms with Crippen molar-refractivity contribution in [3.63, 3.8) is 0 Å². The van der Waals surface area contributed by atoms with Crippen LogP contribution in [0.1, 0.15) is 10.4 Å². The number of non-ortho nitro benzene ring substituents is 1. The Bertz CT molecular complexity index is 1810. The van der Waals surface area contributed by atoms with Gasteiger partial charge in [-0.3, -0.25) is 25.0 Å². The molecule has 0 atom stereocenters. The highest BCUT2D eigenvalue weighted by Crippen LogP contribution is 2.31. The molecule has 0 aliphatic carbocycles. The molecule has 2 aromatic heterocycles. The lowest BCUT2D eigenvalue weighted by Crippen LogP contribution is -2.28. The Balaban J connectivity index is 1.36. The van der Waals surface area contributed by atoms with Crippen molar-refractivity contribution in [2.24, 2.45) is 14.1 Å². The smallest absolute Gasteiger partial charge is 0.284 e. The zero-order chi connectivity index (χ0) is 29.1. The van der Waals surface area contributed by atoms with Crippen molar-refractivity contribution in [2.45, 2.75) is 0 Å². The number of benzene rings is 3. The van der Waals surface area contributed by atoms with Gasteiger partial charge in [-0.05, 0) is 36.4 Å². The lowest BCUT2D eigenvalue weighted by atomic mass is 10.1. The highest BCUT2D eigenvalue weighted by atomic mass is 16.6. The summed E-state index contributed by atoms with van der Waals surface area (Å²) in [5, 5.41) is 32.9. The molecule has 0 aliphatic heterocycles. The highest BCUT2D eigenvalue weighted by Gasteiger charge is 2.22. The number of pyridine rings is 2. The van der Waals surface area contributed by atoms with E-state index in [1.165, 1.54) is 24.3 Å². The Morgan fingerprint density at radius 3 is 2.05 bits per heavy atom. The van der Waals surface area contributed by atoms with Crippen LogP contribution >= 0.6 is 0 Å². The first-order valence-corrected chi connectivity index (χ1v) is 12.4. The third-order valence-electron chi connectivity index (χ3n) is 6.45. The number of aromatic nitrogens is 2. The van der Waals surface area contributed by atoms with Gasteiger partial charge in [0.25, 0.3) is 17.3 Å². The number of nitro groups is 2. The molecule has 0 fully saturated rings. The molecule has 0 radical (unpaired) electrons. The van der Waals surface area contributed by atoms with Crippen molar-refractivity contribution in [3.05, 3.63) is 123 Å². The molecule has 0 spiro atoms. The van der Waals surface area contributed by atoms with E-state index in [9.17, 15) is 25.0 Å². The summed E-state index contributed by atoms with van der Waals surface area (Å²) in [6, 6.07) is 21.2. The van der Waals surface area contributed by atoms with Crippen LogP contribution in [0.15, 0.2) is 97.5 Å². The first-order valence-electron chi connectivity index (χ1n) is 12.4. The van der Waals surface area contributed by atoms with Crippen LogP contribution in [0.2, 0.25) is 0 Å². The van der Waals surface area contributed by atoms with Crippen LogP contribution in [-0.4, -0.2) is 15.8 Å². The minimum atomic E-state index is -0.632. The van der Waals surface area contributed by atoms with E-state index in [1.54, 1.807) is 48.7 Å². The molecule has 0 saturated heterocycles. The Hall–Kier alpha value is -5.91. The number of carbonyl (C=O) groups excluding carboxylic acids is 1. The maximum atomic E-state index is 13.0. The number of nitrogens with zero attached hydrogens (tertiary/aromatic N) is 4. The van der Waals surface area contributed by atoms with E-state index in [0.717, 1.165) is 16.9 Å². The van der Waals surface area contributed by atoms with E-state index in [0.29, 0.717) is 22.4 Å². The standard InChI is InChI=1S/C29H23N7O5/c1-33-14-11-21(12-15-33)30-19-3-5-20(6-4-19)32-29(37)24-9-7-22(17-28(24)36(40)41)31-26-13-16-34(2)27-10-8-23(35(38)39)18-25(26)27/h3-18H,1-2H3,(H,32,37)/p+2. The maximum Gasteiger partial charge on any atom is 0.284 e. The maximum absolute atomic E-state index is 13.0. The summed E-state index contributed by atoms with van der Waals surface area (Å²) in [4.78, 5) is 35.1. The van der Waals surface area contributed by atoms with Gasteiger partial charge in [-0.1, -0.05) is 0 Å². The Kier molecular flexibility index (Phi) is 7.20. The fourth-order valence-electron chi connectivity index (χ4n) is 4.32. The van der Waals surface area contributed by atoms with E-state index >= 15 is 0 Å². The second-order valence-electron chi connectivity index (χ2n) is 9.32. The quantitative estimate of drug-likeness (QED) is 0.139. The van der Waals surface area contributed by atoms with Crippen molar-refractivity contribution < 1.29 is 23.8 Å². The van der Waals surface area contributed by atoms with Crippen LogP contribution in [0, 0.1) is 20.2 Å². The van der Waals surface area contributed by atoms with Crippen molar-refractivity contribution in [2.75, 3.05) is 16.0 Å². The fraction of sp³-hybridized carbons (Fsp3) is 0.0690. The fourth-order valence-corrected chi connectivity index (χ4v) is 4.32. The van der Waals surface area contributed by atoms with E-state index in [-0.39, 0.29) is 16.9 Å². The molecule has 41 heavy (non-hydrogen) atoms. The van der Waals surface area contributed by atoms with Crippen molar-refractivity contribution >= 4 is 56.6 Å². The van der Waals surface area contributed by atoms with Gasteiger partial charge >= 0.3 is 0 Å². The molecule has 1 amide bonds. The van der Waals surface area contributed by atoms with Crippen molar-refractivity contribution in [3.8, 4) is 0 Å². The normalized spacial score (nSPS) is 10.7. The van der Waals surface area contributed by atoms with E-state index < -0.39 is 15.8 Å². The van der Waals surface area contributed by atoms with Gasteiger partial charge in [0.15, 0.2) is 18.6 Å². The first kappa shape index (κ1) is 26.7. The largest absolute Gasteiger partial charge is 0.355 e. The SMILES string of the molecule is C[n+]1ccc(Nc2ccc(NC(=O)c3ccc(Nc4cc[n+](C)c5ccc([N+](=O)[O-])cc45)cc3[N+](=O)[O-])cc2)cc1. The molecule has 0 bridgehead atoms. The van der Waals surface area contributed by atoms with Crippen molar-refractivity contribution in [1.82, 2.24) is 0 Å². The number of rotatable bonds is 8. The monoisotopic (exact) mass is 551 g/mol. The molecule has 3 N–H and O–H groups in total. The molecule has 0 aliphatic rings. The highest BCUT2D eigenvalue weighted by molar-refractivity contribution is 6.07. The molecule has 204 valence electrons. The predicted octanol–water partition coefficient (Wildman–Crippen LogP) is 5.04. The molecule has 3 aromatic carbocycles. The molecule has 12 heteroatoms. The van der Waals surface area contributed by atoms with Gasteiger partial charge in [0.1, 0.15) is 19.7 Å². The predicted molar refractivity (Wildman–Crippen MR) is 153 cm³/mol. The Morgan fingerprint density at radius 1 is 0.707 bits per heavy atom. The summed E-state index contributed by atoms with van der Waals surface area (Å²) < 4.78 is 3.73. The number of aryl methyl sites for hydroxylation is 2. The molecule has 12 nitrogen and oxygen atoms in total. The van der Waals surface area contributed by atoms with Gasteiger partial charge in [-0.15, -0.1) is 0 Å². The number of hydrogen-bond acceptors (Lipinski definition) is 7. The van der Waals surface area contributed by atoms with Crippen LogP contribution in [0.3, 0.4) is 0 Å². The zero-order valence-electron chi connectivity index (χ0n) is 22.1. The molecule has 5 aromatic rings. The molecular formula is C29H25N7O5+2. The Morgan fingerprint density at radius 2 is 1.37 bits per heavy atom. The van der Waals surface area contributed by atoms with Crippen LogP contribution in [0.25, 0.3) is 10.9 Å². The number of nitro benzene ring substituents is 2. The number of fused-ring (bicyclic) bond motifs is 1. The minimum absolute atomic E-state index is 0.0807. The van der Waals surface area contributed by atoms with Gasteiger partial charge in [-0.2, -0.15) is 0 Å². The summed E-state index contributed by atoms with van der Waals surface area (Å²) in [7, 11) is 3.74. The summed E-state index contributed by atoms with van der Waals surface area (Å²) in [6.45, 7) is 0. The second-order valence-corrected chi connectivity index (χ2v) is 9.32. The average Bonchev–Trinajstić information content (AvgIpc) is 2.96. The summed E-state index contributed by atoms with van der Waals surface area (Å²) in [5.74, 6) is -0.632. The van der Waals surface area contributed by atoms with E-state index in [4.69, 9.17) is 0 Å². The summed E-state index contributed by atoms with van der Waals surface area (Å²) in [5.41, 5.74) is 3.20. The topological polar surface area (TPSA) is 147 Å². The number of nitrogens with one attached hydrogen (secondary N) is 3. The van der Waals surface area contributed by atoms with Crippen LogP contribution in [0.4, 0.5) is 39.8 Å². The molecule has 0 unspecified atom stereocenters. The second kappa shape index (κ2) is 11.1.